The van der Waals surface area contributed by atoms with E-state index in [2.05, 4.69) is 16.0 Å². The first-order valence-corrected chi connectivity index (χ1v) is 15.5. The number of rotatable bonds is 10. The minimum absolute atomic E-state index is 0.0626. The molecule has 9 heteroatoms. The highest BCUT2D eigenvalue weighted by atomic mass is 35.5. The number of hydrogen-bond acceptors (Lipinski definition) is 4. The molecule has 3 N–H and O–H groups in total. The summed E-state index contributed by atoms with van der Waals surface area (Å²) in [5, 5.41) is 9.15. The lowest BCUT2D eigenvalue weighted by molar-refractivity contribution is -0.116. The number of carbonyl (C=O) groups is 3. The lowest BCUT2D eigenvalue weighted by atomic mass is 10.1. The topological polar surface area (TPSA) is 87.3 Å². The number of amides is 3. The molecule has 0 saturated carbocycles. The van der Waals surface area contributed by atoms with Crippen LogP contribution in [0.4, 0.5) is 11.4 Å². The van der Waals surface area contributed by atoms with Gasteiger partial charge in [0.25, 0.3) is 11.8 Å². The van der Waals surface area contributed by atoms with E-state index in [0.717, 1.165) is 10.5 Å². The molecule has 5 aromatic carbocycles. The van der Waals surface area contributed by atoms with Crippen molar-refractivity contribution >= 4 is 70.1 Å². The van der Waals surface area contributed by atoms with Crippen molar-refractivity contribution in [3.8, 4) is 0 Å². The molecule has 0 saturated heterocycles. The maximum atomic E-state index is 13.4. The Kier molecular flexibility index (Phi) is 10.7. The first kappa shape index (κ1) is 31.6. The van der Waals surface area contributed by atoms with Gasteiger partial charge in [-0.1, -0.05) is 83.9 Å². The van der Waals surface area contributed by atoms with E-state index < -0.39 is 17.1 Å². The zero-order valence-electron chi connectivity index (χ0n) is 23.7. The van der Waals surface area contributed by atoms with Gasteiger partial charge in [0.2, 0.25) is 5.91 Å². The van der Waals surface area contributed by atoms with Crippen LogP contribution in [0, 0.1) is 0 Å². The number of anilines is 2. The predicted octanol–water partition coefficient (Wildman–Crippen LogP) is 8.88. The van der Waals surface area contributed by atoms with Crippen LogP contribution in [0.25, 0.3) is 6.08 Å². The highest BCUT2D eigenvalue weighted by Gasteiger charge is 2.22. The summed E-state index contributed by atoms with van der Waals surface area (Å²) in [5.41, 5.74) is 3.17. The molecule has 0 bridgehead atoms. The molecule has 0 heterocycles. The van der Waals surface area contributed by atoms with Crippen LogP contribution in [-0.4, -0.2) is 17.7 Å². The molecule has 3 amide bonds. The second-order valence-corrected chi connectivity index (χ2v) is 11.9. The molecule has 0 spiro atoms. The number of halogens is 2. The Morgan fingerprint density at radius 1 is 0.622 bits per heavy atom. The molecule has 0 aliphatic heterocycles. The molecular weight excluding hydrogens is 625 g/mol. The third-order valence-electron chi connectivity index (χ3n) is 6.53. The molecule has 6 nitrogen and oxygen atoms in total. The van der Waals surface area contributed by atoms with Gasteiger partial charge < -0.3 is 16.0 Å². The van der Waals surface area contributed by atoms with Crippen molar-refractivity contribution < 1.29 is 14.4 Å². The van der Waals surface area contributed by atoms with E-state index in [9.17, 15) is 14.4 Å². The first-order valence-electron chi connectivity index (χ1n) is 13.9. The van der Waals surface area contributed by atoms with E-state index in [0.29, 0.717) is 32.5 Å². The molecule has 1 atom stereocenters. The smallest absolute Gasteiger partial charge is 0.272 e. The molecule has 0 aliphatic carbocycles. The Morgan fingerprint density at radius 3 is 1.78 bits per heavy atom. The third-order valence-corrected chi connectivity index (χ3v) is 8.30. The highest BCUT2D eigenvalue weighted by Crippen LogP contribution is 2.37. The molecule has 45 heavy (non-hydrogen) atoms. The zero-order chi connectivity index (χ0) is 31.6. The number of hydrogen-bond donors (Lipinski definition) is 3. The van der Waals surface area contributed by atoms with E-state index in [4.69, 9.17) is 23.2 Å². The predicted molar refractivity (Wildman–Crippen MR) is 184 cm³/mol. The van der Waals surface area contributed by atoms with Crippen LogP contribution in [0.1, 0.15) is 26.7 Å². The molecule has 0 fully saturated rings. The average Bonchev–Trinajstić information content (AvgIpc) is 3.06. The number of thioether (sulfide) groups is 1. The Balaban J connectivity index is 1.32. The summed E-state index contributed by atoms with van der Waals surface area (Å²) in [4.78, 5) is 40.5. The first-order chi connectivity index (χ1) is 21.8. The van der Waals surface area contributed by atoms with Crippen LogP contribution in [0.3, 0.4) is 0 Å². The van der Waals surface area contributed by atoms with E-state index in [1.807, 2.05) is 48.5 Å². The summed E-state index contributed by atoms with van der Waals surface area (Å²) in [6.45, 7) is 0. The van der Waals surface area contributed by atoms with Crippen molar-refractivity contribution in [1.82, 2.24) is 5.32 Å². The van der Waals surface area contributed by atoms with Crippen molar-refractivity contribution in [1.29, 1.82) is 0 Å². The standard InChI is InChI=1S/C36H27Cl2N3O3S/c37-27-13-11-24(12-14-27)23-32(41-34(42)26-9-5-2-6-10-26)35(43)39-30-19-21-31(22-20-30)45-33(25-7-3-1-4-8-25)36(44)40-29-17-15-28(38)16-18-29/h1-23,33H,(H,39,43)(H,40,44)(H,41,42)/b32-23-. The van der Waals surface area contributed by atoms with Gasteiger partial charge >= 0.3 is 0 Å². The van der Waals surface area contributed by atoms with E-state index >= 15 is 0 Å². The van der Waals surface area contributed by atoms with Crippen molar-refractivity contribution in [3.63, 3.8) is 0 Å². The average molecular weight is 653 g/mol. The van der Waals surface area contributed by atoms with Gasteiger partial charge in [-0.3, -0.25) is 14.4 Å². The summed E-state index contributed by atoms with van der Waals surface area (Å²) in [7, 11) is 0. The summed E-state index contributed by atoms with van der Waals surface area (Å²) in [6.07, 6.45) is 1.58. The van der Waals surface area contributed by atoms with E-state index in [1.165, 1.54) is 11.8 Å². The van der Waals surface area contributed by atoms with Gasteiger partial charge in [-0.2, -0.15) is 0 Å². The van der Waals surface area contributed by atoms with Crippen molar-refractivity contribution in [3.05, 3.63) is 166 Å². The maximum absolute atomic E-state index is 13.4. The molecule has 5 aromatic rings. The van der Waals surface area contributed by atoms with Gasteiger partial charge in [0, 0.05) is 31.9 Å². The fourth-order valence-corrected chi connectivity index (χ4v) is 5.54. The number of benzene rings is 5. The highest BCUT2D eigenvalue weighted by molar-refractivity contribution is 8.00. The quantitative estimate of drug-likeness (QED) is 0.104. The molecule has 5 rings (SSSR count). The molecule has 0 aromatic heterocycles. The molecule has 224 valence electrons. The van der Waals surface area contributed by atoms with Gasteiger partial charge in [-0.15, -0.1) is 11.8 Å². The van der Waals surface area contributed by atoms with Gasteiger partial charge in [0.15, 0.2) is 0 Å². The van der Waals surface area contributed by atoms with Crippen LogP contribution >= 0.6 is 35.0 Å². The van der Waals surface area contributed by atoms with Crippen molar-refractivity contribution in [2.75, 3.05) is 10.6 Å². The Labute approximate surface area is 275 Å². The van der Waals surface area contributed by atoms with Crippen LogP contribution < -0.4 is 16.0 Å². The van der Waals surface area contributed by atoms with Crippen molar-refractivity contribution in [2.45, 2.75) is 10.1 Å². The molecular formula is C36H27Cl2N3O3S. The van der Waals surface area contributed by atoms with E-state index in [-0.39, 0.29) is 11.6 Å². The fourth-order valence-electron chi connectivity index (χ4n) is 4.26. The molecule has 0 aliphatic rings. The third kappa shape index (κ3) is 9.09. The van der Waals surface area contributed by atoms with E-state index in [1.54, 1.807) is 91.0 Å². The minimum atomic E-state index is -0.538. The Morgan fingerprint density at radius 2 is 1.16 bits per heavy atom. The fraction of sp³-hybridized carbons (Fsp3) is 0.0278. The summed E-state index contributed by atoms with van der Waals surface area (Å²) in [6, 6.07) is 39.2. The Bertz CT molecular complexity index is 1800. The zero-order valence-corrected chi connectivity index (χ0v) is 26.1. The van der Waals surface area contributed by atoms with Gasteiger partial charge in [-0.05, 0) is 90.0 Å². The summed E-state index contributed by atoms with van der Waals surface area (Å²) < 4.78 is 0. The second kappa shape index (κ2) is 15.3. The van der Waals surface area contributed by atoms with Crippen LogP contribution in [0.5, 0.6) is 0 Å². The summed E-state index contributed by atoms with van der Waals surface area (Å²) in [5.74, 6) is -1.10. The van der Waals surface area contributed by atoms with Crippen LogP contribution in [0.2, 0.25) is 10.0 Å². The normalized spacial score (nSPS) is 11.7. The van der Waals surface area contributed by atoms with Crippen molar-refractivity contribution in [2.24, 2.45) is 0 Å². The SMILES string of the molecule is O=C(Nc1ccc(SC(C(=O)Nc2ccc(Cl)cc2)c2ccccc2)cc1)/C(=C/c1ccc(Cl)cc1)NC(=O)c1ccccc1. The lowest BCUT2D eigenvalue weighted by Gasteiger charge is -2.17. The monoisotopic (exact) mass is 651 g/mol. The Hall–Kier alpha value is -4.82. The largest absolute Gasteiger partial charge is 0.325 e. The van der Waals surface area contributed by atoms with Gasteiger partial charge in [-0.25, -0.2) is 0 Å². The molecule has 0 radical (unpaired) electrons. The van der Waals surface area contributed by atoms with Crippen LogP contribution in [0.15, 0.2) is 144 Å². The summed E-state index contributed by atoms with van der Waals surface area (Å²) >= 11 is 13.4. The maximum Gasteiger partial charge on any atom is 0.272 e. The van der Waals surface area contributed by atoms with Crippen LogP contribution in [-0.2, 0) is 9.59 Å². The number of carbonyl (C=O) groups excluding carboxylic acids is 3. The number of nitrogens with one attached hydrogen (secondary N) is 3. The molecule has 1 unspecified atom stereocenters. The second-order valence-electron chi connectivity index (χ2n) is 9.81. The van der Waals surface area contributed by atoms with Gasteiger partial charge in [0.1, 0.15) is 10.9 Å². The lowest BCUT2D eigenvalue weighted by Crippen LogP contribution is -2.30. The minimum Gasteiger partial charge on any atom is -0.325 e. The van der Waals surface area contributed by atoms with Gasteiger partial charge in [0.05, 0.1) is 0 Å².